The SMILES string of the molecule is COc1cc(C)c(C(NN)c2cccc(F)c2)cc1C. The van der Waals surface area contributed by atoms with Crippen LogP contribution < -0.4 is 16.0 Å². The van der Waals surface area contributed by atoms with Crippen LogP contribution >= 0.6 is 0 Å². The molecule has 0 saturated heterocycles. The van der Waals surface area contributed by atoms with Crippen LogP contribution in [0, 0.1) is 19.7 Å². The number of rotatable bonds is 4. The number of aryl methyl sites for hydroxylation is 2. The van der Waals surface area contributed by atoms with E-state index in [9.17, 15) is 4.39 Å². The molecule has 4 heteroatoms. The molecule has 0 fully saturated rings. The van der Waals surface area contributed by atoms with Gasteiger partial charge in [-0.3, -0.25) is 5.84 Å². The highest BCUT2D eigenvalue weighted by molar-refractivity contribution is 5.45. The maximum atomic E-state index is 13.4. The molecular weight excluding hydrogens is 255 g/mol. The smallest absolute Gasteiger partial charge is 0.123 e. The van der Waals surface area contributed by atoms with Gasteiger partial charge in [-0.25, -0.2) is 9.82 Å². The Labute approximate surface area is 118 Å². The molecule has 0 aliphatic heterocycles. The Morgan fingerprint density at radius 3 is 2.50 bits per heavy atom. The Bertz CT molecular complexity index is 613. The molecule has 1 atom stereocenters. The minimum absolute atomic E-state index is 0.254. The Morgan fingerprint density at radius 2 is 1.90 bits per heavy atom. The molecule has 106 valence electrons. The Balaban J connectivity index is 2.49. The second-order valence-electron chi connectivity index (χ2n) is 4.83. The van der Waals surface area contributed by atoms with E-state index >= 15 is 0 Å². The molecule has 3 nitrogen and oxygen atoms in total. The first-order valence-electron chi connectivity index (χ1n) is 6.43. The molecule has 2 rings (SSSR count). The normalized spacial score (nSPS) is 12.2. The maximum absolute atomic E-state index is 13.4. The number of nitrogens with two attached hydrogens (primary N) is 1. The zero-order valence-electron chi connectivity index (χ0n) is 11.9. The van der Waals surface area contributed by atoms with Crippen molar-refractivity contribution in [1.29, 1.82) is 0 Å². The summed E-state index contributed by atoms with van der Waals surface area (Å²) >= 11 is 0. The lowest BCUT2D eigenvalue weighted by Gasteiger charge is -2.21. The van der Waals surface area contributed by atoms with Gasteiger partial charge in [0.2, 0.25) is 0 Å². The van der Waals surface area contributed by atoms with Crippen molar-refractivity contribution >= 4 is 0 Å². The number of nitrogens with one attached hydrogen (secondary N) is 1. The predicted molar refractivity (Wildman–Crippen MR) is 78.0 cm³/mol. The van der Waals surface area contributed by atoms with Gasteiger partial charge in [0.25, 0.3) is 0 Å². The van der Waals surface area contributed by atoms with E-state index in [4.69, 9.17) is 10.6 Å². The quantitative estimate of drug-likeness (QED) is 0.665. The third kappa shape index (κ3) is 2.81. The summed E-state index contributed by atoms with van der Waals surface area (Å²) in [7, 11) is 1.65. The van der Waals surface area contributed by atoms with Crippen LogP contribution in [0.15, 0.2) is 36.4 Å². The molecule has 0 bridgehead atoms. The van der Waals surface area contributed by atoms with Crippen molar-refractivity contribution in [3.8, 4) is 5.75 Å². The number of hydrazine groups is 1. The molecule has 0 heterocycles. The van der Waals surface area contributed by atoms with Crippen molar-refractivity contribution in [2.45, 2.75) is 19.9 Å². The van der Waals surface area contributed by atoms with Gasteiger partial charge >= 0.3 is 0 Å². The standard InChI is InChI=1S/C16H19FN2O/c1-10-8-15(20-3)11(2)7-14(10)16(19-18)12-5-4-6-13(17)9-12/h4-9,16,19H,18H2,1-3H3. The molecule has 0 radical (unpaired) electrons. The van der Waals surface area contributed by atoms with Crippen LogP contribution in [-0.2, 0) is 0 Å². The van der Waals surface area contributed by atoms with Gasteiger partial charge in [0.1, 0.15) is 11.6 Å². The molecule has 0 aliphatic carbocycles. The second-order valence-corrected chi connectivity index (χ2v) is 4.83. The van der Waals surface area contributed by atoms with Crippen LogP contribution in [0.1, 0.15) is 28.3 Å². The van der Waals surface area contributed by atoms with Gasteiger partial charge in [-0.1, -0.05) is 18.2 Å². The highest BCUT2D eigenvalue weighted by Gasteiger charge is 2.17. The number of hydrogen-bond donors (Lipinski definition) is 2. The lowest BCUT2D eigenvalue weighted by molar-refractivity contribution is 0.411. The van der Waals surface area contributed by atoms with E-state index in [2.05, 4.69) is 5.43 Å². The van der Waals surface area contributed by atoms with Gasteiger partial charge < -0.3 is 4.74 Å². The number of benzene rings is 2. The predicted octanol–water partition coefficient (Wildman–Crippen LogP) is 3.00. The Morgan fingerprint density at radius 1 is 1.15 bits per heavy atom. The van der Waals surface area contributed by atoms with Crippen LogP contribution in [0.5, 0.6) is 5.75 Å². The van der Waals surface area contributed by atoms with Gasteiger partial charge in [-0.15, -0.1) is 0 Å². The first-order valence-corrected chi connectivity index (χ1v) is 6.43. The summed E-state index contributed by atoms with van der Waals surface area (Å²) in [4.78, 5) is 0. The lowest BCUT2D eigenvalue weighted by atomic mass is 9.93. The summed E-state index contributed by atoms with van der Waals surface area (Å²) in [6, 6.07) is 10.2. The topological polar surface area (TPSA) is 47.3 Å². The molecule has 0 amide bonds. The third-order valence-electron chi connectivity index (χ3n) is 3.44. The Hall–Kier alpha value is -1.91. The fraction of sp³-hybridized carbons (Fsp3) is 0.250. The van der Waals surface area contributed by atoms with Crippen LogP contribution in [-0.4, -0.2) is 7.11 Å². The first kappa shape index (κ1) is 14.5. The fourth-order valence-electron chi connectivity index (χ4n) is 2.39. The van der Waals surface area contributed by atoms with Crippen molar-refractivity contribution < 1.29 is 9.13 Å². The van der Waals surface area contributed by atoms with Crippen molar-refractivity contribution in [3.05, 3.63) is 64.5 Å². The monoisotopic (exact) mass is 274 g/mol. The number of hydrogen-bond acceptors (Lipinski definition) is 3. The van der Waals surface area contributed by atoms with Crippen molar-refractivity contribution in [3.63, 3.8) is 0 Å². The number of methoxy groups -OCH3 is 1. The second kappa shape index (κ2) is 6.03. The molecule has 0 saturated carbocycles. The molecular formula is C16H19FN2O. The van der Waals surface area contributed by atoms with Gasteiger partial charge in [0, 0.05) is 0 Å². The van der Waals surface area contributed by atoms with E-state index in [1.54, 1.807) is 13.2 Å². The van der Waals surface area contributed by atoms with Gasteiger partial charge in [-0.05, 0) is 54.3 Å². The Kier molecular flexibility index (Phi) is 4.37. The molecule has 2 aromatic rings. The highest BCUT2D eigenvalue weighted by atomic mass is 19.1. The first-order chi connectivity index (χ1) is 9.56. The van der Waals surface area contributed by atoms with Crippen molar-refractivity contribution in [2.24, 2.45) is 5.84 Å². The van der Waals surface area contributed by atoms with Crippen LogP contribution in [0.3, 0.4) is 0 Å². The summed E-state index contributed by atoms with van der Waals surface area (Å²) in [5.41, 5.74) is 6.62. The van der Waals surface area contributed by atoms with Crippen molar-refractivity contribution in [1.82, 2.24) is 5.43 Å². The molecule has 20 heavy (non-hydrogen) atoms. The van der Waals surface area contributed by atoms with E-state index in [0.29, 0.717) is 0 Å². The summed E-state index contributed by atoms with van der Waals surface area (Å²) in [6.45, 7) is 3.96. The van der Waals surface area contributed by atoms with E-state index in [0.717, 1.165) is 28.0 Å². The van der Waals surface area contributed by atoms with E-state index in [1.807, 2.05) is 32.0 Å². The number of ether oxygens (including phenoxy) is 1. The largest absolute Gasteiger partial charge is 0.496 e. The summed E-state index contributed by atoms with van der Waals surface area (Å²) < 4.78 is 18.7. The van der Waals surface area contributed by atoms with E-state index < -0.39 is 0 Å². The highest BCUT2D eigenvalue weighted by Crippen LogP contribution is 2.30. The zero-order valence-corrected chi connectivity index (χ0v) is 11.9. The van der Waals surface area contributed by atoms with Gasteiger partial charge in [-0.2, -0.15) is 0 Å². The van der Waals surface area contributed by atoms with E-state index in [1.165, 1.54) is 12.1 Å². The average Bonchev–Trinajstić information content (AvgIpc) is 2.43. The fourth-order valence-corrected chi connectivity index (χ4v) is 2.39. The maximum Gasteiger partial charge on any atom is 0.123 e. The number of halogens is 1. The van der Waals surface area contributed by atoms with Crippen LogP contribution in [0.2, 0.25) is 0 Å². The molecule has 0 aromatic heterocycles. The molecule has 0 aliphatic rings. The lowest BCUT2D eigenvalue weighted by Crippen LogP contribution is -2.29. The van der Waals surface area contributed by atoms with Gasteiger partial charge in [0.05, 0.1) is 13.2 Å². The van der Waals surface area contributed by atoms with Crippen LogP contribution in [0.4, 0.5) is 4.39 Å². The minimum Gasteiger partial charge on any atom is -0.496 e. The van der Waals surface area contributed by atoms with Gasteiger partial charge in [0.15, 0.2) is 0 Å². The average molecular weight is 274 g/mol. The van der Waals surface area contributed by atoms with E-state index in [-0.39, 0.29) is 11.9 Å². The molecule has 3 N–H and O–H groups in total. The zero-order chi connectivity index (χ0) is 14.7. The molecule has 1 unspecified atom stereocenters. The summed E-state index contributed by atoms with van der Waals surface area (Å²) in [6.07, 6.45) is 0. The summed E-state index contributed by atoms with van der Waals surface area (Å²) in [5, 5.41) is 0. The third-order valence-corrected chi connectivity index (χ3v) is 3.44. The minimum atomic E-state index is -0.273. The molecule has 0 spiro atoms. The van der Waals surface area contributed by atoms with Crippen molar-refractivity contribution in [2.75, 3.05) is 7.11 Å². The summed E-state index contributed by atoms with van der Waals surface area (Å²) in [5.74, 6) is 6.23. The van der Waals surface area contributed by atoms with Crippen LogP contribution in [0.25, 0.3) is 0 Å². The molecule has 2 aromatic carbocycles.